The Balaban J connectivity index is 1.93. The van der Waals surface area contributed by atoms with Crippen molar-refractivity contribution in [2.45, 2.75) is 6.42 Å². The van der Waals surface area contributed by atoms with E-state index in [2.05, 4.69) is 20.6 Å². The molecule has 1 heterocycles. The smallest absolute Gasteiger partial charge is 0.254 e. The van der Waals surface area contributed by atoms with Crippen molar-refractivity contribution in [2.75, 3.05) is 25.6 Å². The van der Waals surface area contributed by atoms with Gasteiger partial charge in [-0.25, -0.2) is 18.7 Å². The number of ether oxygens (including phenoxy) is 1. The molecular formula is C15H16F2N4O2. The predicted molar refractivity (Wildman–Crippen MR) is 80.5 cm³/mol. The van der Waals surface area contributed by atoms with Gasteiger partial charge < -0.3 is 15.4 Å². The van der Waals surface area contributed by atoms with Crippen LogP contribution in [0.3, 0.4) is 0 Å². The fraction of sp³-hybridized carbons (Fsp3) is 0.267. The summed E-state index contributed by atoms with van der Waals surface area (Å²) in [7, 11) is 1.59. The number of methoxy groups -OCH3 is 1. The Morgan fingerprint density at radius 1 is 1.22 bits per heavy atom. The quantitative estimate of drug-likeness (QED) is 0.765. The van der Waals surface area contributed by atoms with E-state index >= 15 is 0 Å². The molecule has 2 aromatic rings. The van der Waals surface area contributed by atoms with Crippen molar-refractivity contribution in [3.63, 3.8) is 0 Å². The molecule has 8 heteroatoms. The molecule has 0 aliphatic rings. The average Bonchev–Trinajstić information content (AvgIpc) is 2.55. The Bertz CT molecular complexity index is 665. The first kappa shape index (κ1) is 16.8. The second-order valence-corrected chi connectivity index (χ2v) is 4.65. The van der Waals surface area contributed by atoms with Gasteiger partial charge in [-0.15, -0.1) is 0 Å². The molecule has 23 heavy (non-hydrogen) atoms. The second kappa shape index (κ2) is 8.14. The van der Waals surface area contributed by atoms with Gasteiger partial charge in [-0.3, -0.25) is 4.79 Å². The summed E-state index contributed by atoms with van der Waals surface area (Å²) in [5.41, 5.74) is 0.610. The van der Waals surface area contributed by atoms with Crippen molar-refractivity contribution < 1.29 is 18.3 Å². The van der Waals surface area contributed by atoms with Crippen molar-refractivity contribution in [2.24, 2.45) is 0 Å². The number of amides is 1. The predicted octanol–water partition coefficient (Wildman–Crippen LogP) is 2.26. The Morgan fingerprint density at radius 3 is 2.61 bits per heavy atom. The van der Waals surface area contributed by atoms with E-state index in [1.54, 1.807) is 7.11 Å². The highest BCUT2D eigenvalue weighted by molar-refractivity contribution is 5.93. The lowest BCUT2D eigenvalue weighted by Crippen LogP contribution is -2.25. The van der Waals surface area contributed by atoms with E-state index in [4.69, 9.17) is 4.74 Å². The molecule has 6 nitrogen and oxygen atoms in total. The van der Waals surface area contributed by atoms with Crippen molar-refractivity contribution in [3.8, 4) is 0 Å². The zero-order valence-electron chi connectivity index (χ0n) is 12.5. The molecule has 0 aliphatic heterocycles. The van der Waals surface area contributed by atoms with Crippen molar-refractivity contribution in [3.05, 3.63) is 47.8 Å². The van der Waals surface area contributed by atoms with Crippen LogP contribution in [0.25, 0.3) is 0 Å². The van der Waals surface area contributed by atoms with Crippen molar-refractivity contribution in [1.82, 2.24) is 15.3 Å². The lowest BCUT2D eigenvalue weighted by atomic mass is 10.3. The molecular weight excluding hydrogens is 306 g/mol. The zero-order chi connectivity index (χ0) is 16.7. The van der Waals surface area contributed by atoms with E-state index in [1.807, 2.05) is 0 Å². The summed E-state index contributed by atoms with van der Waals surface area (Å²) in [5, 5.41) is 5.43. The SMILES string of the molecule is COCCCNC(=O)c1cnc(Nc2ccc(F)c(F)c2)nc1. The van der Waals surface area contributed by atoms with Crippen LogP contribution < -0.4 is 10.6 Å². The topological polar surface area (TPSA) is 76.1 Å². The third-order valence-corrected chi connectivity index (χ3v) is 2.90. The molecule has 2 N–H and O–H groups in total. The zero-order valence-corrected chi connectivity index (χ0v) is 12.5. The molecule has 0 aliphatic carbocycles. The number of halogens is 2. The van der Waals surface area contributed by atoms with Gasteiger partial charge >= 0.3 is 0 Å². The minimum absolute atomic E-state index is 0.173. The van der Waals surface area contributed by atoms with Gasteiger partial charge in [0, 0.05) is 44.4 Å². The third-order valence-electron chi connectivity index (χ3n) is 2.90. The van der Waals surface area contributed by atoms with Gasteiger partial charge in [0.2, 0.25) is 5.95 Å². The summed E-state index contributed by atoms with van der Waals surface area (Å²) >= 11 is 0. The van der Waals surface area contributed by atoms with E-state index < -0.39 is 11.6 Å². The van der Waals surface area contributed by atoms with Crippen LogP contribution in [0.15, 0.2) is 30.6 Å². The number of carbonyl (C=O) groups is 1. The van der Waals surface area contributed by atoms with Gasteiger partial charge in [0.25, 0.3) is 5.91 Å². The van der Waals surface area contributed by atoms with Crippen LogP contribution in [0.1, 0.15) is 16.8 Å². The molecule has 1 aromatic carbocycles. The van der Waals surface area contributed by atoms with Crippen LogP contribution in [-0.2, 0) is 4.74 Å². The Morgan fingerprint density at radius 2 is 1.96 bits per heavy atom. The van der Waals surface area contributed by atoms with E-state index in [0.29, 0.717) is 30.8 Å². The van der Waals surface area contributed by atoms with Gasteiger partial charge in [0.1, 0.15) is 0 Å². The normalized spacial score (nSPS) is 10.4. The van der Waals surface area contributed by atoms with Crippen LogP contribution in [0.4, 0.5) is 20.4 Å². The number of aromatic nitrogens is 2. The number of nitrogens with one attached hydrogen (secondary N) is 2. The highest BCUT2D eigenvalue weighted by Gasteiger charge is 2.08. The number of hydrogen-bond acceptors (Lipinski definition) is 5. The first-order valence-corrected chi connectivity index (χ1v) is 6.91. The van der Waals surface area contributed by atoms with E-state index in [1.165, 1.54) is 18.5 Å². The molecule has 0 radical (unpaired) electrons. The molecule has 0 saturated heterocycles. The maximum absolute atomic E-state index is 13.1. The summed E-state index contributed by atoms with van der Waals surface area (Å²) in [5.74, 6) is -2.02. The standard InChI is InChI=1S/C15H16F2N4O2/c1-23-6-2-5-18-14(22)10-8-19-15(20-9-10)21-11-3-4-12(16)13(17)7-11/h3-4,7-9H,2,5-6H2,1H3,(H,18,22)(H,19,20,21). The lowest BCUT2D eigenvalue weighted by molar-refractivity contribution is 0.0948. The molecule has 122 valence electrons. The first-order valence-electron chi connectivity index (χ1n) is 6.91. The molecule has 0 spiro atoms. The monoisotopic (exact) mass is 322 g/mol. The van der Waals surface area contributed by atoms with Crippen molar-refractivity contribution >= 4 is 17.5 Å². The van der Waals surface area contributed by atoms with Crippen LogP contribution >= 0.6 is 0 Å². The highest BCUT2D eigenvalue weighted by atomic mass is 19.2. The minimum atomic E-state index is -0.970. The summed E-state index contributed by atoms with van der Waals surface area (Å²) in [6, 6.07) is 3.35. The Labute approximate surface area is 131 Å². The number of hydrogen-bond donors (Lipinski definition) is 2. The van der Waals surface area contributed by atoms with Crippen LogP contribution in [0.2, 0.25) is 0 Å². The molecule has 1 amide bonds. The summed E-state index contributed by atoms with van der Waals surface area (Å²) in [6.45, 7) is 1.05. The van der Waals surface area contributed by atoms with Gasteiger partial charge in [0.15, 0.2) is 11.6 Å². The van der Waals surface area contributed by atoms with Gasteiger partial charge in [-0.2, -0.15) is 0 Å². The lowest BCUT2D eigenvalue weighted by Gasteiger charge is -2.07. The van der Waals surface area contributed by atoms with E-state index in [-0.39, 0.29) is 11.9 Å². The van der Waals surface area contributed by atoms with Crippen molar-refractivity contribution in [1.29, 1.82) is 0 Å². The third kappa shape index (κ3) is 4.96. The largest absolute Gasteiger partial charge is 0.385 e. The summed E-state index contributed by atoms with van der Waals surface area (Å²) in [6.07, 6.45) is 3.40. The van der Waals surface area contributed by atoms with E-state index in [0.717, 1.165) is 12.1 Å². The average molecular weight is 322 g/mol. The second-order valence-electron chi connectivity index (χ2n) is 4.65. The highest BCUT2D eigenvalue weighted by Crippen LogP contribution is 2.16. The molecule has 0 saturated carbocycles. The number of nitrogens with zero attached hydrogens (tertiary/aromatic N) is 2. The molecule has 0 unspecified atom stereocenters. The summed E-state index contributed by atoms with van der Waals surface area (Å²) in [4.78, 5) is 19.8. The molecule has 0 fully saturated rings. The molecule has 0 bridgehead atoms. The first-order chi connectivity index (χ1) is 11.1. The molecule has 2 rings (SSSR count). The van der Waals surface area contributed by atoms with Crippen LogP contribution in [0.5, 0.6) is 0 Å². The maximum Gasteiger partial charge on any atom is 0.254 e. The minimum Gasteiger partial charge on any atom is -0.385 e. The van der Waals surface area contributed by atoms with E-state index in [9.17, 15) is 13.6 Å². The van der Waals surface area contributed by atoms with Gasteiger partial charge in [0.05, 0.1) is 5.56 Å². The Hall–Kier alpha value is -2.61. The molecule has 1 aromatic heterocycles. The van der Waals surface area contributed by atoms with Crippen LogP contribution in [-0.4, -0.2) is 36.1 Å². The number of carbonyl (C=O) groups excluding carboxylic acids is 1. The summed E-state index contributed by atoms with van der Waals surface area (Å²) < 4.78 is 30.8. The fourth-order valence-electron chi connectivity index (χ4n) is 1.73. The maximum atomic E-state index is 13.1. The molecule has 0 atom stereocenters. The van der Waals surface area contributed by atoms with Gasteiger partial charge in [-0.05, 0) is 18.6 Å². The fourth-order valence-corrected chi connectivity index (χ4v) is 1.73. The van der Waals surface area contributed by atoms with Gasteiger partial charge in [-0.1, -0.05) is 0 Å². The Kier molecular flexibility index (Phi) is 5.93. The number of rotatable bonds is 7. The number of benzene rings is 1. The number of anilines is 2. The van der Waals surface area contributed by atoms with Crippen LogP contribution in [0, 0.1) is 11.6 Å².